The first-order valence-corrected chi connectivity index (χ1v) is 4.77. The summed E-state index contributed by atoms with van der Waals surface area (Å²) in [5.41, 5.74) is 1.35. The predicted molar refractivity (Wildman–Crippen MR) is 55.6 cm³/mol. The van der Waals surface area contributed by atoms with Crippen LogP contribution in [0.2, 0.25) is 0 Å². The number of rotatable bonds is 2. The maximum atomic E-state index is 11.0. The number of hydrogen-bond acceptors (Lipinski definition) is 2. The molecule has 0 aliphatic rings. The molecule has 0 spiro atoms. The van der Waals surface area contributed by atoms with Crippen molar-refractivity contribution in [1.82, 2.24) is 0 Å². The van der Waals surface area contributed by atoms with Crippen LogP contribution in [0.1, 0.15) is 15.9 Å². The number of benzene rings is 1. The van der Waals surface area contributed by atoms with E-state index in [1.54, 1.807) is 13.2 Å². The van der Waals surface area contributed by atoms with E-state index in [0.29, 0.717) is 15.8 Å². The van der Waals surface area contributed by atoms with Gasteiger partial charge in [-0.25, -0.2) is 0 Å². The van der Waals surface area contributed by atoms with Crippen LogP contribution in [0.3, 0.4) is 0 Å². The number of aryl methyl sites for hydroxylation is 1. The second kappa shape index (κ2) is 4.11. The zero-order chi connectivity index (χ0) is 10.0. The van der Waals surface area contributed by atoms with Gasteiger partial charge in [0.2, 0.25) is 0 Å². The molecule has 0 aromatic heterocycles. The van der Waals surface area contributed by atoms with E-state index in [1.165, 1.54) is 0 Å². The lowest BCUT2D eigenvalue weighted by Gasteiger charge is -2.06. The summed E-state index contributed by atoms with van der Waals surface area (Å²) in [6.07, 6.45) is 0. The summed E-state index contributed by atoms with van der Waals surface area (Å²) >= 11 is 8.67. The van der Waals surface area contributed by atoms with Gasteiger partial charge in [0.05, 0.1) is 12.7 Å². The Morgan fingerprint density at radius 1 is 1.54 bits per heavy atom. The van der Waals surface area contributed by atoms with Gasteiger partial charge in [0.1, 0.15) is 5.75 Å². The fourth-order valence-corrected chi connectivity index (χ4v) is 1.67. The zero-order valence-corrected chi connectivity index (χ0v) is 9.57. The van der Waals surface area contributed by atoms with Crippen LogP contribution in [0.25, 0.3) is 0 Å². The van der Waals surface area contributed by atoms with Gasteiger partial charge in [-0.1, -0.05) is 0 Å². The molecule has 13 heavy (non-hydrogen) atoms. The minimum Gasteiger partial charge on any atom is -0.497 e. The van der Waals surface area contributed by atoms with E-state index in [0.717, 1.165) is 5.56 Å². The minimum atomic E-state index is -0.492. The van der Waals surface area contributed by atoms with Gasteiger partial charge in [0.15, 0.2) is 0 Å². The van der Waals surface area contributed by atoms with Gasteiger partial charge >= 0.3 is 0 Å². The normalized spacial score (nSPS) is 9.85. The molecule has 0 amide bonds. The number of carbonyl (C=O) groups excluding carboxylic acids is 1. The minimum absolute atomic E-state index is 0.429. The lowest BCUT2D eigenvalue weighted by Crippen LogP contribution is -1.95. The first-order valence-electron chi connectivity index (χ1n) is 3.60. The quantitative estimate of drug-likeness (QED) is 0.766. The summed E-state index contributed by atoms with van der Waals surface area (Å²) in [7, 11) is 1.55. The van der Waals surface area contributed by atoms with Crippen LogP contribution in [0.5, 0.6) is 5.75 Å². The topological polar surface area (TPSA) is 26.3 Å². The Morgan fingerprint density at radius 2 is 2.15 bits per heavy atom. The molecular formula is C9H8BrClO2. The van der Waals surface area contributed by atoms with E-state index >= 15 is 0 Å². The monoisotopic (exact) mass is 262 g/mol. The molecule has 0 saturated carbocycles. The molecule has 0 bridgehead atoms. The van der Waals surface area contributed by atoms with Crippen molar-refractivity contribution in [2.45, 2.75) is 6.92 Å². The van der Waals surface area contributed by atoms with Gasteiger partial charge < -0.3 is 4.74 Å². The Hall–Kier alpha value is -0.540. The van der Waals surface area contributed by atoms with Gasteiger partial charge in [0, 0.05) is 4.47 Å². The van der Waals surface area contributed by atoms with Crippen molar-refractivity contribution in [2.24, 2.45) is 0 Å². The summed E-state index contributed by atoms with van der Waals surface area (Å²) in [5, 5.41) is -0.492. The number of hydrogen-bond donors (Lipinski definition) is 0. The Kier molecular flexibility index (Phi) is 3.33. The van der Waals surface area contributed by atoms with Crippen LogP contribution in [0.15, 0.2) is 16.6 Å². The molecule has 1 aromatic rings. The summed E-state index contributed by atoms with van der Waals surface area (Å²) in [6, 6.07) is 3.43. The molecule has 0 radical (unpaired) electrons. The van der Waals surface area contributed by atoms with E-state index in [-0.39, 0.29) is 0 Å². The lowest BCUT2D eigenvalue weighted by atomic mass is 10.1. The highest BCUT2D eigenvalue weighted by atomic mass is 79.9. The Labute approximate surface area is 90.0 Å². The molecule has 0 unspecified atom stereocenters. The highest BCUT2D eigenvalue weighted by Crippen LogP contribution is 2.27. The number of halogens is 2. The van der Waals surface area contributed by atoms with Gasteiger partial charge in [0.25, 0.3) is 5.24 Å². The van der Waals surface area contributed by atoms with Crippen molar-refractivity contribution in [2.75, 3.05) is 7.11 Å². The fraction of sp³-hybridized carbons (Fsp3) is 0.222. The van der Waals surface area contributed by atoms with Crippen LogP contribution >= 0.6 is 27.5 Å². The van der Waals surface area contributed by atoms with Crippen LogP contribution in [0, 0.1) is 6.92 Å². The summed E-state index contributed by atoms with van der Waals surface area (Å²) in [4.78, 5) is 11.0. The molecule has 1 aromatic carbocycles. The van der Waals surface area contributed by atoms with E-state index < -0.39 is 5.24 Å². The summed E-state index contributed by atoms with van der Waals surface area (Å²) in [5.74, 6) is 0.629. The van der Waals surface area contributed by atoms with Crippen LogP contribution in [0.4, 0.5) is 0 Å². The standard InChI is InChI=1S/C9H8BrClO2/c1-5-3-6(13-2)4-7(8(5)10)9(11)12/h3-4H,1-2H3. The molecule has 4 heteroatoms. The average molecular weight is 264 g/mol. The molecule has 0 aliphatic heterocycles. The van der Waals surface area contributed by atoms with Crippen LogP contribution < -0.4 is 4.74 Å². The lowest BCUT2D eigenvalue weighted by molar-refractivity contribution is 0.108. The molecule has 0 N–H and O–H groups in total. The Morgan fingerprint density at radius 3 is 2.62 bits per heavy atom. The highest BCUT2D eigenvalue weighted by molar-refractivity contribution is 9.10. The largest absolute Gasteiger partial charge is 0.497 e. The molecule has 0 saturated heterocycles. The van der Waals surface area contributed by atoms with Crippen LogP contribution in [-0.2, 0) is 0 Å². The second-order valence-corrected chi connectivity index (χ2v) is 3.72. The second-order valence-electron chi connectivity index (χ2n) is 2.58. The molecular weight excluding hydrogens is 255 g/mol. The fourth-order valence-electron chi connectivity index (χ4n) is 0.997. The van der Waals surface area contributed by atoms with E-state index in [4.69, 9.17) is 16.3 Å². The molecule has 0 aliphatic carbocycles. The number of methoxy groups -OCH3 is 1. The maximum Gasteiger partial charge on any atom is 0.253 e. The first kappa shape index (κ1) is 10.5. The maximum absolute atomic E-state index is 11.0. The molecule has 70 valence electrons. The third kappa shape index (κ3) is 2.23. The van der Waals surface area contributed by atoms with Crippen LogP contribution in [-0.4, -0.2) is 12.4 Å². The van der Waals surface area contributed by atoms with Gasteiger partial charge in [-0.3, -0.25) is 4.79 Å². The van der Waals surface area contributed by atoms with Gasteiger partial charge in [-0.2, -0.15) is 0 Å². The molecule has 1 rings (SSSR count). The SMILES string of the molecule is COc1cc(C)c(Br)c(C(=O)Cl)c1. The Balaban J connectivity index is 3.33. The third-order valence-electron chi connectivity index (χ3n) is 1.68. The van der Waals surface area contributed by atoms with Crippen molar-refractivity contribution in [1.29, 1.82) is 0 Å². The van der Waals surface area contributed by atoms with Crippen molar-refractivity contribution >= 4 is 32.8 Å². The molecule has 2 nitrogen and oxygen atoms in total. The average Bonchev–Trinajstić information content (AvgIpc) is 2.09. The zero-order valence-electron chi connectivity index (χ0n) is 7.23. The van der Waals surface area contributed by atoms with Crippen molar-refractivity contribution < 1.29 is 9.53 Å². The molecule has 0 fully saturated rings. The van der Waals surface area contributed by atoms with E-state index in [9.17, 15) is 4.79 Å². The van der Waals surface area contributed by atoms with E-state index in [2.05, 4.69) is 15.9 Å². The van der Waals surface area contributed by atoms with Crippen molar-refractivity contribution in [3.05, 3.63) is 27.7 Å². The van der Waals surface area contributed by atoms with Crippen molar-refractivity contribution in [3.8, 4) is 5.75 Å². The highest BCUT2D eigenvalue weighted by Gasteiger charge is 2.11. The number of ether oxygens (including phenoxy) is 1. The summed E-state index contributed by atoms with van der Waals surface area (Å²) in [6.45, 7) is 1.87. The first-order chi connectivity index (χ1) is 6.06. The smallest absolute Gasteiger partial charge is 0.253 e. The Bertz CT molecular complexity index is 350. The van der Waals surface area contributed by atoms with Gasteiger partial charge in [-0.05, 0) is 52.2 Å². The van der Waals surface area contributed by atoms with Crippen molar-refractivity contribution in [3.63, 3.8) is 0 Å². The predicted octanol–water partition coefficient (Wildman–Crippen LogP) is 3.15. The number of carbonyl (C=O) groups is 1. The molecule has 0 atom stereocenters. The third-order valence-corrected chi connectivity index (χ3v) is 2.93. The van der Waals surface area contributed by atoms with Gasteiger partial charge in [-0.15, -0.1) is 0 Å². The summed E-state index contributed by atoms with van der Waals surface area (Å²) < 4.78 is 5.73. The molecule has 0 heterocycles. The van der Waals surface area contributed by atoms with E-state index in [1.807, 2.05) is 13.0 Å².